The lowest BCUT2D eigenvalue weighted by Crippen LogP contribution is -2.43. The van der Waals surface area contributed by atoms with E-state index in [1.165, 1.54) is 0 Å². The normalized spacial score (nSPS) is 25.5. The number of hydrogen-bond acceptors (Lipinski definition) is 4. The first-order valence-corrected chi connectivity index (χ1v) is 9.64. The van der Waals surface area contributed by atoms with E-state index in [2.05, 4.69) is 28.5 Å². The van der Waals surface area contributed by atoms with E-state index in [0.717, 1.165) is 38.2 Å². The lowest BCUT2D eigenvalue weighted by molar-refractivity contribution is 0.293. The summed E-state index contributed by atoms with van der Waals surface area (Å²) in [5, 5.41) is -0.148. The maximum absolute atomic E-state index is 12.2. The molecule has 0 unspecified atom stereocenters. The van der Waals surface area contributed by atoms with Crippen LogP contribution in [0.25, 0.3) is 0 Å². The average molecular weight is 360 g/mol. The number of likely N-dealkylation sites (tertiary alicyclic amines) is 1. The second kappa shape index (κ2) is 7.47. The summed E-state index contributed by atoms with van der Waals surface area (Å²) in [6.07, 6.45) is 3.43. The molecule has 2 aliphatic rings. The largest absolute Gasteiger partial charge is 0.296 e. The van der Waals surface area contributed by atoms with Gasteiger partial charge in [0, 0.05) is 31.9 Å². The first kappa shape index (κ1) is 18.6. The van der Waals surface area contributed by atoms with Crippen molar-refractivity contribution in [2.24, 2.45) is 11.8 Å². The number of pyridine rings is 1. The van der Waals surface area contributed by atoms with Gasteiger partial charge < -0.3 is 0 Å². The van der Waals surface area contributed by atoms with E-state index in [-0.39, 0.29) is 23.7 Å². The maximum atomic E-state index is 12.2. The molecule has 23 heavy (non-hydrogen) atoms. The molecule has 1 saturated heterocycles. The molecule has 0 radical (unpaired) electrons. The van der Waals surface area contributed by atoms with E-state index < -0.39 is 10.0 Å². The molecule has 1 saturated carbocycles. The minimum atomic E-state index is -3.13. The van der Waals surface area contributed by atoms with Gasteiger partial charge in [0.05, 0.1) is 10.9 Å². The summed E-state index contributed by atoms with van der Waals surface area (Å²) in [6.45, 7) is 6.82. The number of hydrogen-bond donors (Lipinski definition) is 1. The van der Waals surface area contributed by atoms with E-state index >= 15 is 0 Å². The predicted molar refractivity (Wildman–Crippen MR) is 94.0 cm³/mol. The van der Waals surface area contributed by atoms with Crippen LogP contribution in [0.15, 0.2) is 24.4 Å². The third-order valence-electron chi connectivity index (χ3n) is 4.69. The Balaban J connectivity index is 0.00000192. The van der Waals surface area contributed by atoms with Gasteiger partial charge in [-0.1, -0.05) is 19.9 Å². The van der Waals surface area contributed by atoms with E-state index in [0.29, 0.717) is 11.8 Å². The van der Waals surface area contributed by atoms with Gasteiger partial charge in [-0.2, -0.15) is 0 Å². The van der Waals surface area contributed by atoms with Crippen molar-refractivity contribution in [3.8, 4) is 0 Å². The lowest BCUT2D eigenvalue weighted by atomic mass is 9.92. The van der Waals surface area contributed by atoms with Crippen LogP contribution in [0.2, 0.25) is 0 Å². The van der Waals surface area contributed by atoms with Crippen LogP contribution < -0.4 is 4.72 Å². The molecule has 2 atom stereocenters. The van der Waals surface area contributed by atoms with Gasteiger partial charge in [0.1, 0.15) is 0 Å². The van der Waals surface area contributed by atoms with E-state index in [1.807, 2.05) is 18.2 Å². The van der Waals surface area contributed by atoms with Gasteiger partial charge in [0.15, 0.2) is 0 Å². The molecular formula is C16H26ClN3O2S. The SMILES string of the molecule is CC(C)[C@H]1CN(Cc2ccccn2)C[C@@H]1NS(=O)(=O)C1CC1.Cl. The number of nitrogens with one attached hydrogen (secondary N) is 1. The molecule has 1 aromatic heterocycles. The molecule has 0 aromatic carbocycles. The van der Waals surface area contributed by atoms with Gasteiger partial charge in [0.25, 0.3) is 0 Å². The second-order valence-electron chi connectivity index (χ2n) is 6.89. The Kier molecular flexibility index (Phi) is 6.05. The molecular weight excluding hydrogens is 334 g/mol. The number of halogens is 1. The van der Waals surface area contributed by atoms with Crippen molar-refractivity contribution >= 4 is 22.4 Å². The van der Waals surface area contributed by atoms with Crippen LogP contribution in [0, 0.1) is 11.8 Å². The third kappa shape index (κ3) is 4.66. The third-order valence-corrected chi connectivity index (χ3v) is 6.67. The first-order chi connectivity index (χ1) is 10.5. The zero-order chi connectivity index (χ0) is 15.7. The van der Waals surface area contributed by atoms with Crippen LogP contribution in [0.1, 0.15) is 32.4 Å². The van der Waals surface area contributed by atoms with Crippen LogP contribution >= 0.6 is 12.4 Å². The first-order valence-electron chi connectivity index (χ1n) is 8.09. The summed E-state index contributed by atoms with van der Waals surface area (Å²) in [7, 11) is -3.13. The molecule has 2 fully saturated rings. The molecule has 0 amide bonds. The molecule has 0 spiro atoms. The van der Waals surface area contributed by atoms with Gasteiger partial charge >= 0.3 is 0 Å². The van der Waals surface area contributed by atoms with Crippen LogP contribution in [0.4, 0.5) is 0 Å². The Labute approximate surface area is 145 Å². The number of rotatable bonds is 6. The fourth-order valence-electron chi connectivity index (χ4n) is 3.25. The van der Waals surface area contributed by atoms with E-state index in [1.54, 1.807) is 6.20 Å². The molecule has 7 heteroatoms. The van der Waals surface area contributed by atoms with Crippen molar-refractivity contribution in [2.45, 2.75) is 44.5 Å². The molecule has 5 nitrogen and oxygen atoms in total. The number of aromatic nitrogens is 1. The number of sulfonamides is 1. The highest BCUT2D eigenvalue weighted by molar-refractivity contribution is 7.90. The highest BCUT2D eigenvalue weighted by Crippen LogP contribution is 2.31. The minimum absolute atomic E-state index is 0. The van der Waals surface area contributed by atoms with E-state index in [4.69, 9.17) is 0 Å². The molecule has 0 bridgehead atoms. The van der Waals surface area contributed by atoms with Crippen LogP contribution in [0.5, 0.6) is 0 Å². The van der Waals surface area contributed by atoms with Crippen molar-refractivity contribution in [3.05, 3.63) is 30.1 Å². The zero-order valence-corrected chi connectivity index (χ0v) is 15.3. The quantitative estimate of drug-likeness (QED) is 0.844. The Morgan fingerprint density at radius 3 is 2.61 bits per heavy atom. The highest BCUT2D eigenvalue weighted by Gasteiger charge is 2.42. The van der Waals surface area contributed by atoms with Gasteiger partial charge in [0.2, 0.25) is 10.0 Å². The summed E-state index contributed by atoms with van der Waals surface area (Å²) in [6, 6.07) is 5.95. The summed E-state index contributed by atoms with van der Waals surface area (Å²) in [5.74, 6) is 0.817. The zero-order valence-electron chi connectivity index (χ0n) is 13.7. The van der Waals surface area contributed by atoms with Gasteiger partial charge in [-0.25, -0.2) is 13.1 Å². The Morgan fingerprint density at radius 2 is 2.04 bits per heavy atom. The summed E-state index contributed by atoms with van der Waals surface area (Å²) < 4.78 is 27.5. The standard InChI is InChI=1S/C16H25N3O2S.ClH/c1-12(2)15-10-19(9-13-5-3-4-8-17-13)11-16(15)18-22(20,21)14-6-7-14;/h3-5,8,12,14-16,18H,6-7,9-11H2,1-2H3;1H/t15-,16+;/m1./s1. The Hall–Kier alpha value is -0.690. The van der Waals surface area contributed by atoms with Gasteiger partial charge in [-0.15, -0.1) is 12.4 Å². The van der Waals surface area contributed by atoms with Crippen LogP contribution in [0.3, 0.4) is 0 Å². The smallest absolute Gasteiger partial charge is 0.214 e. The summed E-state index contributed by atoms with van der Waals surface area (Å²) in [5.41, 5.74) is 1.04. The topological polar surface area (TPSA) is 62.3 Å². The molecule has 1 N–H and O–H groups in total. The van der Waals surface area contributed by atoms with Gasteiger partial charge in [-0.3, -0.25) is 9.88 Å². The van der Waals surface area contributed by atoms with Crippen LogP contribution in [-0.2, 0) is 16.6 Å². The maximum Gasteiger partial charge on any atom is 0.214 e. The molecule has 2 heterocycles. The molecule has 1 aliphatic heterocycles. The molecule has 130 valence electrons. The van der Waals surface area contributed by atoms with Crippen LogP contribution in [-0.4, -0.2) is 42.7 Å². The molecule has 3 rings (SSSR count). The van der Waals surface area contributed by atoms with Crippen molar-refractivity contribution in [3.63, 3.8) is 0 Å². The van der Waals surface area contributed by atoms with Crippen molar-refractivity contribution in [1.82, 2.24) is 14.6 Å². The minimum Gasteiger partial charge on any atom is -0.296 e. The molecule has 1 aromatic rings. The van der Waals surface area contributed by atoms with E-state index in [9.17, 15) is 8.42 Å². The van der Waals surface area contributed by atoms with Crippen molar-refractivity contribution in [1.29, 1.82) is 0 Å². The molecule has 1 aliphatic carbocycles. The predicted octanol–water partition coefficient (Wildman–Crippen LogP) is 2.04. The fourth-order valence-corrected chi connectivity index (χ4v) is 4.87. The highest BCUT2D eigenvalue weighted by atomic mass is 35.5. The fraction of sp³-hybridized carbons (Fsp3) is 0.688. The lowest BCUT2D eigenvalue weighted by Gasteiger charge is -2.22. The van der Waals surface area contributed by atoms with Crippen molar-refractivity contribution in [2.75, 3.05) is 13.1 Å². The summed E-state index contributed by atoms with van der Waals surface area (Å²) in [4.78, 5) is 6.68. The van der Waals surface area contributed by atoms with Gasteiger partial charge in [-0.05, 0) is 36.8 Å². The van der Waals surface area contributed by atoms with Crippen molar-refractivity contribution < 1.29 is 8.42 Å². The number of nitrogens with zero attached hydrogens (tertiary/aromatic N) is 2. The monoisotopic (exact) mass is 359 g/mol. The Morgan fingerprint density at radius 1 is 1.30 bits per heavy atom. The summed E-state index contributed by atoms with van der Waals surface area (Å²) >= 11 is 0. The average Bonchev–Trinajstić information content (AvgIpc) is 3.24. The Bertz CT molecular complexity index is 605. The second-order valence-corrected chi connectivity index (χ2v) is 8.88.